The van der Waals surface area contributed by atoms with Gasteiger partial charge in [-0.15, -0.1) is 0 Å². The maximum absolute atomic E-state index is 12.9. The minimum Gasteiger partial charge on any atom is -0.345 e. The topological polar surface area (TPSA) is 45.6 Å². The van der Waals surface area contributed by atoms with Gasteiger partial charge in [0.1, 0.15) is 0 Å². The Hall–Kier alpha value is -1.62. The summed E-state index contributed by atoms with van der Waals surface area (Å²) in [5.41, 5.74) is 3.23. The van der Waals surface area contributed by atoms with Crippen LogP contribution < -0.4 is 0 Å². The molecule has 0 atom stereocenters. The average Bonchev–Trinajstić information content (AvgIpc) is 3.47. The summed E-state index contributed by atoms with van der Waals surface area (Å²) in [6.45, 7) is 7.82. The van der Waals surface area contributed by atoms with E-state index in [-0.39, 0.29) is 11.7 Å². The molecule has 3 fully saturated rings. The summed E-state index contributed by atoms with van der Waals surface area (Å²) in [4.78, 5) is 29.8. The lowest BCUT2D eigenvalue weighted by Crippen LogP contribution is -2.51. The molecule has 1 aromatic rings. The molecule has 5 heteroatoms. The van der Waals surface area contributed by atoms with E-state index in [1.165, 1.54) is 37.8 Å². The molecule has 27 heavy (non-hydrogen) atoms. The first-order chi connectivity index (χ1) is 13.0. The van der Waals surface area contributed by atoms with Crippen molar-refractivity contribution in [3.05, 3.63) is 23.0 Å². The van der Waals surface area contributed by atoms with Crippen molar-refractivity contribution in [1.29, 1.82) is 0 Å². The maximum Gasteiger partial charge on any atom is 0.225 e. The molecule has 2 aliphatic carbocycles. The van der Waals surface area contributed by atoms with Gasteiger partial charge in [0.15, 0.2) is 5.78 Å². The molecule has 5 nitrogen and oxygen atoms in total. The molecule has 1 amide bonds. The molecular weight excluding hydrogens is 338 g/mol. The van der Waals surface area contributed by atoms with Gasteiger partial charge in [0.25, 0.3) is 0 Å². The third-order valence-electron chi connectivity index (χ3n) is 6.70. The average molecular weight is 372 g/mol. The lowest BCUT2D eigenvalue weighted by atomic mass is 9.88. The summed E-state index contributed by atoms with van der Waals surface area (Å²) in [6, 6.07) is 2.68. The number of piperazine rings is 1. The fourth-order valence-corrected chi connectivity index (χ4v) is 4.98. The number of amides is 1. The molecule has 2 heterocycles. The zero-order valence-corrected chi connectivity index (χ0v) is 16.9. The Labute approximate surface area is 162 Å². The Bertz CT molecular complexity index is 705. The number of hydrogen-bond acceptors (Lipinski definition) is 3. The van der Waals surface area contributed by atoms with Crippen LogP contribution in [0.3, 0.4) is 0 Å². The number of Topliss-reactive ketones (excluding diaryl/α,β-unsaturated/α-hetero) is 1. The molecule has 1 aromatic heterocycles. The van der Waals surface area contributed by atoms with Gasteiger partial charge in [0.05, 0.1) is 6.54 Å². The zero-order valence-electron chi connectivity index (χ0n) is 16.9. The molecule has 4 rings (SSSR count). The van der Waals surface area contributed by atoms with E-state index in [9.17, 15) is 9.59 Å². The molecule has 1 saturated heterocycles. The molecule has 0 N–H and O–H groups in total. The van der Waals surface area contributed by atoms with Gasteiger partial charge in [-0.25, -0.2) is 0 Å². The first-order valence-electron chi connectivity index (χ1n) is 10.8. The number of carbonyl (C=O) groups excluding carboxylic acids is 2. The van der Waals surface area contributed by atoms with Gasteiger partial charge < -0.3 is 9.47 Å². The predicted octanol–water partition coefficient (Wildman–Crippen LogP) is 3.35. The third kappa shape index (κ3) is 3.98. The Kier molecular flexibility index (Phi) is 5.40. The smallest absolute Gasteiger partial charge is 0.225 e. The van der Waals surface area contributed by atoms with Gasteiger partial charge in [0, 0.05) is 55.1 Å². The van der Waals surface area contributed by atoms with Crippen molar-refractivity contribution in [2.45, 2.75) is 64.8 Å². The van der Waals surface area contributed by atoms with E-state index in [0.29, 0.717) is 18.5 Å². The van der Waals surface area contributed by atoms with E-state index in [0.717, 1.165) is 50.3 Å². The first kappa shape index (κ1) is 18.7. The highest BCUT2D eigenvalue weighted by atomic mass is 16.2. The molecule has 2 saturated carbocycles. The van der Waals surface area contributed by atoms with Gasteiger partial charge in [-0.3, -0.25) is 14.5 Å². The monoisotopic (exact) mass is 371 g/mol. The molecule has 0 aromatic carbocycles. The van der Waals surface area contributed by atoms with E-state index in [1.807, 2.05) is 4.90 Å². The van der Waals surface area contributed by atoms with Crippen molar-refractivity contribution >= 4 is 11.7 Å². The molecule has 0 radical (unpaired) electrons. The lowest BCUT2D eigenvalue weighted by molar-refractivity contribution is -0.138. The molecule has 3 aliphatic rings. The second-order valence-corrected chi connectivity index (χ2v) is 8.75. The van der Waals surface area contributed by atoms with Gasteiger partial charge in [0.2, 0.25) is 5.91 Å². The highest BCUT2D eigenvalue weighted by Crippen LogP contribution is 2.38. The van der Waals surface area contributed by atoms with Crippen LogP contribution >= 0.6 is 0 Å². The highest BCUT2D eigenvalue weighted by molar-refractivity contribution is 5.99. The minimum absolute atomic E-state index is 0.224. The predicted molar refractivity (Wildman–Crippen MR) is 106 cm³/mol. The van der Waals surface area contributed by atoms with Crippen LogP contribution in [0.1, 0.15) is 72.7 Å². The molecule has 0 spiro atoms. The number of nitrogens with zero attached hydrogens (tertiary/aromatic N) is 3. The minimum atomic E-state index is 0.224. The highest BCUT2D eigenvalue weighted by Gasteiger charge is 2.31. The number of aryl methyl sites for hydroxylation is 1. The first-order valence-corrected chi connectivity index (χ1v) is 10.8. The fourth-order valence-electron chi connectivity index (χ4n) is 4.98. The number of aromatic nitrogens is 1. The van der Waals surface area contributed by atoms with E-state index in [1.54, 1.807) is 0 Å². The van der Waals surface area contributed by atoms with Gasteiger partial charge >= 0.3 is 0 Å². The van der Waals surface area contributed by atoms with Gasteiger partial charge in [-0.2, -0.15) is 0 Å². The molecular formula is C22H33N3O2. The van der Waals surface area contributed by atoms with Crippen molar-refractivity contribution in [2.75, 3.05) is 32.7 Å². The molecule has 0 unspecified atom stereocenters. The summed E-state index contributed by atoms with van der Waals surface area (Å²) in [6.07, 6.45) is 8.28. The van der Waals surface area contributed by atoms with E-state index in [2.05, 4.69) is 29.4 Å². The standard InChI is InChI=1S/C22H33N3O2/c1-16-14-20(17(2)25(16)19-8-9-19)21(26)15-23-10-12-24(13-11-23)22(27)18-6-4-3-5-7-18/h14,18-19H,3-13,15H2,1-2H3. The van der Waals surface area contributed by atoms with Crippen LogP contribution in [0.25, 0.3) is 0 Å². The second-order valence-electron chi connectivity index (χ2n) is 8.75. The molecule has 1 aliphatic heterocycles. The largest absolute Gasteiger partial charge is 0.345 e. The number of hydrogen-bond donors (Lipinski definition) is 0. The fraction of sp³-hybridized carbons (Fsp3) is 0.727. The Balaban J connectivity index is 1.31. The van der Waals surface area contributed by atoms with E-state index >= 15 is 0 Å². The summed E-state index contributed by atoms with van der Waals surface area (Å²) < 4.78 is 2.34. The van der Waals surface area contributed by atoms with Crippen LogP contribution in [0.4, 0.5) is 0 Å². The van der Waals surface area contributed by atoms with Crippen LogP contribution in [-0.4, -0.2) is 58.8 Å². The summed E-state index contributed by atoms with van der Waals surface area (Å²) >= 11 is 0. The van der Waals surface area contributed by atoms with E-state index in [4.69, 9.17) is 0 Å². The molecule has 148 valence electrons. The normalized spacial score (nSPS) is 22.2. The summed E-state index contributed by atoms with van der Waals surface area (Å²) in [5, 5.41) is 0. The summed E-state index contributed by atoms with van der Waals surface area (Å²) in [5.74, 6) is 0.829. The van der Waals surface area contributed by atoms with Crippen molar-refractivity contribution in [1.82, 2.24) is 14.4 Å². The second kappa shape index (κ2) is 7.78. The summed E-state index contributed by atoms with van der Waals surface area (Å²) in [7, 11) is 0. The van der Waals surface area contributed by atoms with Crippen molar-refractivity contribution in [3.8, 4) is 0 Å². The Morgan fingerprint density at radius 2 is 1.63 bits per heavy atom. The van der Waals surface area contributed by atoms with Crippen LogP contribution in [-0.2, 0) is 4.79 Å². The van der Waals surface area contributed by atoms with Gasteiger partial charge in [-0.1, -0.05) is 19.3 Å². The van der Waals surface area contributed by atoms with Crippen LogP contribution in [0.2, 0.25) is 0 Å². The number of carbonyl (C=O) groups is 2. The van der Waals surface area contributed by atoms with Crippen LogP contribution in [0.15, 0.2) is 6.07 Å². The van der Waals surface area contributed by atoms with Crippen molar-refractivity contribution in [2.24, 2.45) is 5.92 Å². The maximum atomic E-state index is 12.9. The third-order valence-corrected chi connectivity index (χ3v) is 6.70. The number of rotatable bonds is 5. The molecule has 0 bridgehead atoms. The lowest BCUT2D eigenvalue weighted by Gasteiger charge is -2.36. The number of ketones is 1. The Morgan fingerprint density at radius 1 is 0.963 bits per heavy atom. The van der Waals surface area contributed by atoms with Crippen molar-refractivity contribution < 1.29 is 9.59 Å². The van der Waals surface area contributed by atoms with Crippen LogP contribution in [0, 0.1) is 19.8 Å². The SMILES string of the molecule is Cc1cc(C(=O)CN2CCN(C(=O)C3CCCCC3)CC2)c(C)n1C1CC1. The van der Waals surface area contributed by atoms with Crippen LogP contribution in [0.5, 0.6) is 0 Å². The van der Waals surface area contributed by atoms with Crippen molar-refractivity contribution in [3.63, 3.8) is 0 Å². The zero-order chi connectivity index (χ0) is 19.0. The quantitative estimate of drug-likeness (QED) is 0.746. The Morgan fingerprint density at radius 3 is 2.26 bits per heavy atom. The van der Waals surface area contributed by atoms with Gasteiger partial charge in [-0.05, 0) is 45.6 Å². The van der Waals surface area contributed by atoms with E-state index < -0.39 is 0 Å².